The van der Waals surface area contributed by atoms with Gasteiger partial charge in [0.15, 0.2) is 11.5 Å². The van der Waals surface area contributed by atoms with Crippen LogP contribution in [0.2, 0.25) is 0 Å². The number of nitrogens with zero attached hydrogens (tertiary/aromatic N) is 4. The molecule has 0 unspecified atom stereocenters. The predicted octanol–water partition coefficient (Wildman–Crippen LogP) is 7.08. The van der Waals surface area contributed by atoms with Crippen molar-refractivity contribution in [2.45, 2.75) is 6.61 Å². The number of nitro benzene ring substituents is 1. The molecule has 9 nitrogen and oxygen atoms in total. The molecule has 0 aliphatic heterocycles. The van der Waals surface area contributed by atoms with Crippen molar-refractivity contribution in [3.05, 3.63) is 133 Å². The zero-order valence-corrected chi connectivity index (χ0v) is 22.6. The minimum Gasteiger partial charge on any atom is -0.482 e. The Morgan fingerprint density at radius 2 is 1.90 bits per heavy atom. The van der Waals surface area contributed by atoms with Crippen molar-refractivity contribution in [1.82, 2.24) is 9.66 Å². The summed E-state index contributed by atoms with van der Waals surface area (Å²) in [6, 6.07) is 24.2. The summed E-state index contributed by atoms with van der Waals surface area (Å²) < 4.78 is 27.1. The normalized spacial score (nSPS) is 11.5. The van der Waals surface area contributed by atoms with Gasteiger partial charge in [-0.2, -0.15) is 9.78 Å². The fraction of sp³-hybridized carbons (Fsp3) is 0.0333. The Labute approximate surface area is 239 Å². The molecule has 2 heterocycles. The van der Waals surface area contributed by atoms with Gasteiger partial charge in [0.1, 0.15) is 18.0 Å². The molecule has 0 amide bonds. The number of aromatic nitrogens is 2. The summed E-state index contributed by atoms with van der Waals surface area (Å²) >= 11 is 3.44. The van der Waals surface area contributed by atoms with E-state index in [4.69, 9.17) is 9.15 Å². The van der Waals surface area contributed by atoms with Crippen molar-refractivity contribution in [1.29, 1.82) is 0 Å². The third kappa shape index (κ3) is 5.35. The number of furan rings is 1. The number of para-hydroxylation sites is 1. The Bertz CT molecular complexity index is 2050. The van der Waals surface area contributed by atoms with Gasteiger partial charge in [0, 0.05) is 21.5 Å². The molecule has 0 radical (unpaired) electrons. The smallest absolute Gasteiger partial charge is 0.311 e. The number of rotatable bonds is 7. The van der Waals surface area contributed by atoms with Gasteiger partial charge in [0.25, 0.3) is 5.56 Å². The summed E-state index contributed by atoms with van der Waals surface area (Å²) in [6.45, 7) is -0.0539. The second-order valence-electron chi connectivity index (χ2n) is 9.01. The molecule has 2 aromatic heterocycles. The Balaban J connectivity index is 1.39. The van der Waals surface area contributed by atoms with Crippen LogP contribution in [0.5, 0.6) is 5.75 Å². The molecule has 0 spiro atoms. The van der Waals surface area contributed by atoms with Gasteiger partial charge in [-0.3, -0.25) is 14.9 Å². The van der Waals surface area contributed by atoms with Crippen molar-refractivity contribution in [2.24, 2.45) is 5.10 Å². The Kier molecular flexibility index (Phi) is 6.86. The van der Waals surface area contributed by atoms with Crippen molar-refractivity contribution >= 4 is 49.7 Å². The van der Waals surface area contributed by atoms with Crippen molar-refractivity contribution in [3.8, 4) is 17.3 Å². The first-order valence-electron chi connectivity index (χ1n) is 12.3. The topological polar surface area (TPSA) is 113 Å². The maximum absolute atomic E-state index is 13.5. The summed E-state index contributed by atoms with van der Waals surface area (Å²) in [7, 11) is 0. The van der Waals surface area contributed by atoms with Crippen LogP contribution in [0.1, 0.15) is 11.1 Å². The molecular weight excluding hydrogens is 595 g/mol. The van der Waals surface area contributed by atoms with Gasteiger partial charge >= 0.3 is 5.69 Å². The van der Waals surface area contributed by atoms with Crippen LogP contribution in [-0.2, 0) is 6.61 Å². The van der Waals surface area contributed by atoms with E-state index in [9.17, 15) is 19.3 Å². The Morgan fingerprint density at radius 3 is 2.73 bits per heavy atom. The molecule has 0 saturated carbocycles. The zero-order valence-electron chi connectivity index (χ0n) is 21.0. The highest BCUT2D eigenvalue weighted by Crippen LogP contribution is 2.30. The molecule has 0 aliphatic rings. The number of halogens is 2. The minimum absolute atomic E-state index is 0.00933. The molecule has 41 heavy (non-hydrogen) atoms. The SMILES string of the molecule is O=c1c2ccccc2nc(-c2cc3cc(Br)ccc3o2)n1N=Cc1ccc(OCc2cccc(F)c2)c([N+](=O)[O-])c1. The highest BCUT2D eigenvalue weighted by molar-refractivity contribution is 9.10. The molecule has 0 bridgehead atoms. The highest BCUT2D eigenvalue weighted by atomic mass is 79.9. The fourth-order valence-electron chi connectivity index (χ4n) is 4.31. The molecule has 0 aliphatic carbocycles. The molecule has 11 heteroatoms. The molecule has 4 aromatic carbocycles. The van der Waals surface area contributed by atoms with Crippen molar-refractivity contribution < 1.29 is 18.5 Å². The van der Waals surface area contributed by atoms with Gasteiger partial charge in [-0.15, -0.1) is 0 Å². The number of hydrogen-bond donors (Lipinski definition) is 0. The summed E-state index contributed by atoms with van der Waals surface area (Å²) in [5.74, 6) is 0.0718. The van der Waals surface area contributed by atoms with Crippen LogP contribution in [0.3, 0.4) is 0 Å². The summed E-state index contributed by atoms with van der Waals surface area (Å²) in [6.07, 6.45) is 1.32. The highest BCUT2D eigenvalue weighted by Gasteiger charge is 2.18. The number of benzene rings is 4. The van der Waals surface area contributed by atoms with E-state index in [1.54, 1.807) is 48.5 Å². The van der Waals surface area contributed by atoms with E-state index in [-0.39, 0.29) is 23.9 Å². The van der Waals surface area contributed by atoms with Crippen LogP contribution in [0, 0.1) is 15.9 Å². The van der Waals surface area contributed by atoms with Gasteiger partial charge in [-0.05, 0) is 66.2 Å². The van der Waals surface area contributed by atoms with E-state index in [0.717, 1.165) is 14.5 Å². The first-order valence-corrected chi connectivity index (χ1v) is 13.1. The summed E-state index contributed by atoms with van der Waals surface area (Å²) in [5, 5.41) is 17.3. The van der Waals surface area contributed by atoms with Gasteiger partial charge in [0.05, 0.1) is 22.0 Å². The van der Waals surface area contributed by atoms with E-state index in [2.05, 4.69) is 26.0 Å². The van der Waals surface area contributed by atoms with E-state index in [1.165, 1.54) is 36.5 Å². The minimum atomic E-state index is -0.583. The molecule has 0 atom stereocenters. The van der Waals surface area contributed by atoms with E-state index >= 15 is 0 Å². The summed E-state index contributed by atoms with van der Waals surface area (Å²) in [4.78, 5) is 29.4. The zero-order chi connectivity index (χ0) is 28.5. The van der Waals surface area contributed by atoms with Gasteiger partial charge < -0.3 is 9.15 Å². The number of ether oxygens (including phenoxy) is 1. The first kappa shape index (κ1) is 26.1. The van der Waals surface area contributed by atoms with Gasteiger partial charge in [0.2, 0.25) is 5.82 Å². The maximum Gasteiger partial charge on any atom is 0.311 e. The summed E-state index contributed by atoms with van der Waals surface area (Å²) in [5.41, 5.74) is 1.19. The number of hydrogen-bond acceptors (Lipinski definition) is 7. The lowest BCUT2D eigenvalue weighted by Gasteiger charge is -2.08. The molecule has 6 rings (SSSR count). The van der Waals surface area contributed by atoms with E-state index in [1.807, 2.05) is 12.1 Å². The molecule has 0 N–H and O–H groups in total. The Hall–Kier alpha value is -5.16. The largest absolute Gasteiger partial charge is 0.482 e. The Morgan fingerprint density at radius 1 is 1.05 bits per heavy atom. The lowest BCUT2D eigenvalue weighted by molar-refractivity contribution is -0.385. The second kappa shape index (κ2) is 10.8. The monoisotopic (exact) mass is 612 g/mol. The van der Waals surface area contributed by atoms with Crippen LogP contribution in [0.25, 0.3) is 33.5 Å². The lowest BCUT2D eigenvalue weighted by Crippen LogP contribution is -2.20. The molecule has 0 saturated heterocycles. The average molecular weight is 613 g/mol. The predicted molar refractivity (Wildman–Crippen MR) is 156 cm³/mol. The van der Waals surface area contributed by atoms with Crippen LogP contribution in [0.15, 0.2) is 110 Å². The standard InChI is InChI=1S/C30H18BrFN4O5/c31-21-9-11-26-20(14-21)15-28(41-26)29-34-24-7-2-1-6-23(24)30(37)35(29)33-16-18-8-10-27(25(13-18)36(38)39)40-17-19-4-3-5-22(32)12-19/h1-16H,17H2. The maximum atomic E-state index is 13.5. The van der Waals surface area contributed by atoms with Gasteiger partial charge in [-0.1, -0.05) is 40.2 Å². The molecule has 0 fully saturated rings. The van der Waals surface area contributed by atoms with E-state index < -0.39 is 16.3 Å². The van der Waals surface area contributed by atoms with E-state index in [0.29, 0.717) is 33.4 Å². The van der Waals surface area contributed by atoms with Crippen LogP contribution >= 0.6 is 15.9 Å². The van der Waals surface area contributed by atoms with Crippen molar-refractivity contribution in [2.75, 3.05) is 0 Å². The third-order valence-corrected chi connectivity index (χ3v) is 6.73. The second-order valence-corrected chi connectivity index (χ2v) is 9.93. The fourth-order valence-corrected chi connectivity index (χ4v) is 4.69. The van der Waals surface area contributed by atoms with Crippen molar-refractivity contribution in [3.63, 3.8) is 0 Å². The molecule has 202 valence electrons. The third-order valence-electron chi connectivity index (χ3n) is 6.24. The van der Waals surface area contributed by atoms with Gasteiger partial charge in [-0.25, -0.2) is 9.37 Å². The average Bonchev–Trinajstić information content (AvgIpc) is 3.39. The van der Waals surface area contributed by atoms with Crippen LogP contribution in [-0.4, -0.2) is 20.8 Å². The number of nitro groups is 1. The van der Waals surface area contributed by atoms with Crippen LogP contribution in [0.4, 0.5) is 10.1 Å². The molecule has 6 aromatic rings. The van der Waals surface area contributed by atoms with Crippen LogP contribution < -0.4 is 10.3 Å². The lowest BCUT2D eigenvalue weighted by atomic mass is 10.2. The quantitative estimate of drug-likeness (QED) is 0.108. The number of fused-ring (bicyclic) bond motifs is 2. The molecular formula is C30H18BrFN4O5. The first-order chi connectivity index (χ1) is 19.9.